The molecule has 0 spiro atoms. The molecule has 0 amide bonds. The third-order valence-electron chi connectivity index (χ3n) is 6.62. The van der Waals surface area contributed by atoms with Crippen molar-refractivity contribution in [3.8, 4) is 0 Å². The number of rotatable bonds is 6. The van der Waals surface area contributed by atoms with Crippen LogP contribution in [-0.2, 0) is 0 Å². The van der Waals surface area contributed by atoms with E-state index in [2.05, 4.69) is 62.5 Å². The first-order valence-electron chi connectivity index (χ1n) is 16.7. The van der Waals surface area contributed by atoms with E-state index >= 15 is 0 Å². The lowest BCUT2D eigenvalue weighted by Gasteiger charge is -2.32. The molecule has 4 aliphatic rings. The lowest BCUT2D eigenvalue weighted by Crippen LogP contribution is -2.51. The summed E-state index contributed by atoms with van der Waals surface area (Å²) < 4.78 is 0. The molecule has 4 fully saturated rings. The van der Waals surface area contributed by atoms with Gasteiger partial charge in [0.1, 0.15) is 0 Å². The van der Waals surface area contributed by atoms with Gasteiger partial charge in [-0.15, -0.1) is 0 Å². The maximum atomic E-state index is 8.28. The zero-order chi connectivity index (χ0) is 33.7. The van der Waals surface area contributed by atoms with E-state index in [4.69, 9.17) is 33.1 Å². The smallest absolute Gasteiger partial charge is 0.0634 e. The second kappa shape index (κ2) is 34.2. The van der Waals surface area contributed by atoms with Gasteiger partial charge in [-0.1, -0.05) is 0 Å². The predicted octanol–water partition coefficient (Wildman–Crippen LogP) is -5.38. The molecule has 0 saturated carbocycles. The van der Waals surface area contributed by atoms with Crippen LogP contribution in [0.25, 0.3) is 0 Å². The molecule has 4 rings (SSSR count). The first-order chi connectivity index (χ1) is 20.8. The van der Waals surface area contributed by atoms with Gasteiger partial charge >= 0.3 is 0 Å². The van der Waals surface area contributed by atoms with E-state index in [1.165, 1.54) is 0 Å². The number of aliphatic hydroxyl groups excluding tert-OH is 2. The molecular weight excluding hydrogens is 592 g/mol. The van der Waals surface area contributed by atoms with Crippen molar-refractivity contribution in [1.82, 2.24) is 41.7 Å². The highest BCUT2D eigenvalue weighted by atomic mass is 16.3. The highest BCUT2D eigenvalue weighted by Crippen LogP contribution is 2.02. The van der Waals surface area contributed by atoms with Crippen LogP contribution < -0.4 is 54.8 Å². The second-order valence-corrected chi connectivity index (χ2v) is 13.1. The summed E-state index contributed by atoms with van der Waals surface area (Å²) in [6, 6.07) is 0.557. The van der Waals surface area contributed by atoms with Crippen LogP contribution in [0.3, 0.4) is 0 Å². The first kappa shape index (κ1) is 52.2. The first-order valence-corrected chi connectivity index (χ1v) is 16.7. The molecule has 16 nitrogen and oxygen atoms in total. The van der Waals surface area contributed by atoms with Crippen molar-refractivity contribution in [3.63, 3.8) is 0 Å². The number of hydrogen-bond donors (Lipinski definition) is 12. The third kappa shape index (κ3) is 41.4. The van der Waals surface area contributed by atoms with Crippen molar-refractivity contribution in [1.29, 1.82) is 0 Å². The predicted molar refractivity (Wildman–Crippen MR) is 195 cm³/mol. The van der Waals surface area contributed by atoms with E-state index in [-0.39, 0.29) is 29.2 Å². The molecule has 2 unspecified atom stereocenters. The van der Waals surface area contributed by atoms with Crippen LogP contribution in [0, 0.1) is 0 Å². The van der Waals surface area contributed by atoms with Gasteiger partial charge in [-0.2, -0.15) is 0 Å². The van der Waals surface area contributed by atoms with Gasteiger partial charge in [0.05, 0.1) is 12.7 Å². The van der Waals surface area contributed by atoms with Gasteiger partial charge < -0.3 is 76.0 Å². The Labute approximate surface area is 281 Å². The lowest BCUT2D eigenvalue weighted by molar-refractivity contribution is 0.188. The molecule has 16 heteroatoms. The Morgan fingerprint density at radius 3 is 1.09 bits per heavy atom. The van der Waals surface area contributed by atoms with E-state index in [1.807, 2.05) is 0 Å². The Bertz CT molecular complexity index is 544. The molecular formula is C30H80N12O4. The summed E-state index contributed by atoms with van der Waals surface area (Å²) in [6.07, 6.45) is -0.338. The molecule has 0 aromatic heterocycles. The van der Waals surface area contributed by atoms with Crippen LogP contribution in [0.4, 0.5) is 0 Å². The monoisotopic (exact) mass is 673 g/mol. The molecule has 284 valence electrons. The summed E-state index contributed by atoms with van der Waals surface area (Å²) in [6.45, 7) is 31.9. The molecule has 2 atom stereocenters. The normalized spacial score (nSPS) is 20.1. The van der Waals surface area contributed by atoms with Crippen molar-refractivity contribution in [3.05, 3.63) is 0 Å². The number of nitrogens with zero attached hydrogens (tertiary/aromatic N) is 2. The second-order valence-electron chi connectivity index (χ2n) is 13.1. The van der Waals surface area contributed by atoms with Gasteiger partial charge in [-0.05, 0) is 41.5 Å². The Balaban J connectivity index is -0.000000234. The summed E-state index contributed by atoms with van der Waals surface area (Å²) in [5.41, 5.74) is 21.2. The van der Waals surface area contributed by atoms with Crippen LogP contribution in [-0.4, -0.2) is 185 Å². The van der Waals surface area contributed by atoms with E-state index in [0.717, 1.165) is 118 Å². The van der Waals surface area contributed by atoms with Crippen LogP contribution in [0.15, 0.2) is 0 Å². The fraction of sp³-hybridized carbons (Fsp3) is 1.00. The molecule has 0 aromatic rings. The molecule has 4 heterocycles. The van der Waals surface area contributed by atoms with Crippen LogP contribution >= 0.6 is 0 Å². The Morgan fingerprint density at radius 2 is 0.870 bits per heavy atom. The van der Waals surface area contributed by atoms with E-state index < -0.39 is 5.54 Å². The number of nitrogens with one attached hydrogen (secondary N) is 6. The third-order valence-corrected chi connectivity index (χ3v) is 6.62. The maximum Gasteiger partial charge on any atom is 0.0634 e. The number of nitrogens with two attached hydrogens (primary N) is 4. The molecule has 4 aliphatic heterocycles. The van der Waals surface area contributed by atoms with Crippen LogP contribution in [0.5, 0.6) is 0 Å². The highest BCUT2D eigenvalue weighted by molar-refractivity contribution is 4.79. The van der Waals surface area contributed by atoms with Gasteiger partial charge in [0, 0.05) is 141 Å². The van der Waals surface area contributed by atoms with E-state index in [0.29, 0.717) is 12.6 Å². The molecule has 46 heavy (non-hydrogen) atoms. The quantitative estimate of drug-likeness (QED) is 0.125. The maximum absolute atomic E-state index is 8.28. The molecule has 0 aliphatic carbocycles. The molecule has 0 aromatic carbocycles. The number of aliphatic hydroxyl groups is 2. The Hall–Kier alpha value is -0.640. The van der Waals surface area contributed by atoms with Gasteiger partial charge in [-0.3, -0.25) is 9.80 Å². The fourth-order valence-corrected chi connectivity index (χ4v) is 3.92. The number of piperazine rings is 4. The molecule has 4 saturated heterocycles. The van der Waals surface area contributed by atoms with Crippen molar-refractivity contribution < 1.29 is 21.2 Å². The average Bonchev–Trinajstić information content (AvgIpc) is 3.03. The van der Waals surface area contributed by atoms with E-state index in [9.17, 15) is 0 Å². The topological polar surface area (TPSA) is 286 Å². The minimum Gasteiger partial charge on any atom is -0.412 e. The molecule has 0 bridgehead atoms. The summed E-state index contributed by atoms with van der Waals surface area (Å²) in [5.74, 6) is 0. The Kier molecular flexibility index (Phi) is 38.8. The van der Waals surface area contributed by atoms with Crippen molar-refractivity contribution >= 4 is 0 Å². The SMILES string of the molecule is C1CNCCN1.C1CNCCN1.CC(C)(N)CN1CCNCC1.CC(C)(N)CO.CC(CN)N1CCNCC1.CC(O)CN.O.O. The van der Waals surface area contributed by atoms with Crippen molar-refractivity contribution in [2.24, 2.45) is 22.9 Å². The standard InChI is InChI=1S/C8H19N3.C7H17N3.2C4H10N2.C4H11NO.C3H9NO.2H2O/c1-8(2,9)7-11-5-3-10-4-6-11;1-7(6-8)10-4-2-9-3-5-10;2*1-2-6-4-3-5-1;1-4(2,5)3-6;1-3(5)2-4;;/h10H,3-7,9H2,1-2H3;7,9H,2-6,8H2,1H3;2*5-6H,1-4H2;6H,3,5H2,1-2H3;3,5H,2,4H2,1H3;2*1H2. The van der Waals surface area contributed by atoms with Crippen LogP contribution in [0.1, 0.15) is 41.5 Å². The zero-order valence-corrected chi connectivity index (χ0v) is 30.4. The minimum atomic E-state index is -0.403. The van der Waals surface area contributed by atoms with Gasteiger partial charge in [-0.25, -0.2) is 0 Å². The van der Waals surface area contributed by atoms with Crippen LogP contribution in [0.2, 0.25) is 0 Å². The summed E-state index contributed by atoms with van der Waals surface area (Å²) in [7, 11) is 0. The summed E-state index contributed by atoms with van der Waals surface area (Å²) >= 11 is 0. The average molecular weight is 673 g/mol. The highest BCUT2D eigenvalue weighted by Gasteiger charge is 2.18. The summed E-state index contributed by atoms with van der Waals surface area (Å²) in [4.78, 5) is 4.84. The lowest BCUT2D eigenvalue weighted by atomic mass is 10.1. The van der Waals surface area contributed by atoms with E-state index in [1.54, 1.807) is 20.8 Å². The molecule has 0 radical (unpaired) electrons. The van der Waals surface area contributed by atoms with Crippen molar-refractivity contribution in [2.75, 3.05) is 131 Å². The largest absolute Gasteiger partial charge is 0.412 e. The van der Waals surface area contributed by atoms with Gasteiger partial charge in [0.2, 0.25) is 0 Å². The Morgan fingerprint density at radius 1 is 0.587 bits per heavy atom. The minimum absolute atomic E-state index is 0. The van der Waals surface area contributed by atoms with Gasteiger partial charge in [0.15, 0.2) is 0 Å². The fourth-order valence-electron chi connectivity index (χ4n) is 3.92. The van der Waals surface area contributed by atoms with Gasteiger partial charge in [0.25, 0.3) is 0 Å². The number of hydrogen-bond acceptors (Lipinski definition) is 14. The summed E-state index contributed by atoms with van der Waals surface area (Å²) in [5, 5.41) is 36.0. The zero-order valence-electron chi connectivity index (χ0n) is 30.4. The van der Waals surface area contributed by atoms with Crippen molar-refractivity contribution in [2.45, 2.75) is 64.8 Å². The molecule has 20 N–H and O–H groups in total.